The standard InChI is InChI=1S/C18H27FN2/c1-13(20-5)14-6-7-17(16(19)12-14)21-10-8-15(9-11-21)18(2,3)4/h6-8,12-13,20H,9-11H2,1-5H3. The maximum absolute atomic E-state index is 14.4. The molecule has 21 heavy (non-hydrogen) atoms. The van der Waals surface area contributed by atoms with E-state index in [-0.39, 0.29) is 17.3 Å². The van der Waals surface area contributed by atoms with Crippen LogP contribution in [0.5, 0.6) is 0 Å². The lowest BCUT2D eigenvalue weighted by atomic mass is 9.83. The molecule has 0 saturated heterocycles. The third-order valence-corrected chi connectivity index (χ3v) is 4.42. The number of nitrogens with zero attached hydrogens (tertiary/aromatic N) is 1. The first-order valence-corrected chi connectivity index (χ1v) is 7.74. The van der Waals surface area contributed by atoms with Crippen LogP contribution >= 0.6 is 0 Å². The highest BCUT2D eigenvalue weighted by Crippen LogP contribution is 2.32. The summed E-state index contributed by atoms with van der Waals surface area (Å²) in [6, 6.07) is 5.75. The number of rotatable bonds is 3. The average Bonchev–Trinajstić information content (AvgIpc) is 2.45. The van der Waals surface area contributed by atoms with Crippen molar-refractivity contribution < 1.29 is 4.39 Å². The molecule has 1 aromatic carbocycles. The fourth-order valence-electron chi connectivity index (χ4n) is 2.78. The molecule has 2 nitrogen and oxygen atoms in total. The van der Waals surface area contributed by atoms with Crippen LogP contribution in [0.1, 0.15) is 45.7 Å². The van der Waals surface area contributed by atoms with Crippen molar-refractivity contribution in [2.45, 2.75) is 40.2 Å². The van der Waals surface area contributed by atoms with Crippen LogP contribution in [0, 0.1) is 11.2 Å². The van der Waals surface area contributed by atoms with Crippen molar-refractivity contribution in [3.8, 4) is 0 Å². The summed E-state index contributed by atoms with van der Waals surface area (Å²) in [4.78, 5) is 2.12. The van der Waals surface area contributed by atoms with Gasteiger partial charge in [-0.15, -0.1) is 0 Å². The Morgan fingerprint density at radius 1 is 1.29 bits per heavy atom. The van der Waals surface area contributed by atoms with Gasteiger partial charge in [-0.1, -0.05) is 38.5 Å². The van der Waals surface area contributed by atoms with Gasteiger partial charge in [0.05, 0.1) is 5.69 Å². The second-order valence-electron chi connectivity index (χ2n) is 6.90. The van der Waals surface area contributed by atoms with Gasteiger partial charge in [0.25, 0.3) is 0 Å². The first-order valence-electron chi connectivity index (χ1n) is 7.74. The summed E-state index contributed by atoms with van der Waals surface area (Å²) in [7, 11) is 1.89. The SMILES string of the molecule is CNC(C)c1ccc(N2CC=C(C(C)(C)C)CC2)c(F)c1. The minimum absolute atomic E-state index is 0.123. The Morgan fingerprint density at radius 3 is 2.48 bits per heavy atom. The number of anilines is 1. The minimum atomic E-state index is -0.123. The van der Waals surface area contributed by atoms with E-state index in [1.807, 2.05) is 26.1 Å². The van der Waals surface area contributed by atoms with E-state index in [0.29, 0.717) is 5.69 Å². The van der Waals surface area contributed by atoms with Gasteiger partial charge in [-0.3, -0.25) is 0 Å². The average molecular weight is 290 g/mol. The molecule has 2 rings (SSSR count). The molecule has 0 radical (unpaired) electrons. The van der Waals surface area contributed by atoms with E-state index < -0.39 is 0 Å². The predicted molar refractivity (Wildman–Crippen MR) is 88.2 cm³/mol. The number of nitrogens with one attached hydrogen (secondary N) is 1. The van der Waals surface area contributed by atoms with Gasteiger partial charge in [0.2, 0.25) is 0 Å². The minimum Gasteiger partial charge on any atom is -0.365 e. The molecule has 1 aliphatic rings. The molecular formula is C18H27FN2. The summed E-state index contributed by atoms with van der Waals surface area (Å²) >= 11 is 0. The summed E-state index contributed by atoms with van der Waals surface area (Å²) in [5, 5.41) is 3.14. The van der Waals surface area contributed by atoms with E-state index in [4.69, 9.17) is 0 Å². The second kappa shape index (κ2) is 6.18. The Kier molecular flexibility index (Phi) is 4.72. The Labute approximate surface area is 128 Å². The Hall–Kier alpha value is -1.35. The van der Waals surface area contributed by atoms with Crippen molar-refractivity contribution in [3.05, 3.63) is 41.2 Å². The van der Waals surface area contributed by atoms with Crippen LogP contribution in [-0.4, -0.2) is 20.1 Å². The van der Waals surface area contributed by atoms with Crippen LogP contribution < -0.4 is 10.2 Å². The molecule has 116 valence electrons. The number of halogens is 1. The van der Waals surface area contributed by atoms with Gasteiger partial charge in [0.1, 0.15) is 5.82 Å². The van der Waals surface area contributed by atoms with Gasteiger partial charge in [-0.25, -0.2) is 4.39 Å². The first kappa shape index (κ1) is 16.0. The van der Waals surface area contributed by atoms with Gasteiger partial charge in [-0.2, -0.15) is 0 Å². The molecular weight excluding hydrogens is 263 g/mol. The van der Waals surface area contributed by atoms with Gasteiger partial charge >= 0.3 is 0 Å². The Balaban J connectivity index is 2.16. The Bertz CT molecular complexity index is 529. The third kappa shape index (κ3) is 3.65. The van der Waals surface area contributed by atoms with Crippen LogP contribution in [0.15, 0.2) is 29.8 Å². The molecule has 0 amide bonds. The summed E-state index contributed by atoms with van der Waals surface area (Å²) in [6.45, 7) is 10.4. The van der Waals surface area contributed by atoms with Crippen molar-refractivity contribution in [1.29, 1.82) is 0 Å². The molecule has 1 unspecified atom stereocenters. The lowest BCUT2D eigenvalue weighted by Gasteiger charge is -2.33. The molecule has 0 fully saturated rings. The highest BCUT2D eigenvalue weighted by Gasteiger charge is 2.22. The fraction of sp³-hybridized carbons (Fsp3) is 0.556. The summed E-state index contributed by atoms with van der Waals surface area (Å²) in [6.07, 6.45) is 3.27. The van der Waals surface area contributed by atoms with Gasteiger partial charge < -0.3 is 10.2 Å². The molecule has 1 aromatic rings. The summed E-state index contributed by atoms with van der Waals surface area (Å²) < 4.78 is 14.4. The van der Waals surface area contributed by atoms with Crippen LogP contribution in [0.3, 0.4) is 0 Å². The van der Waals surface area contributed by atoms with E-state index >= 15 is 0 Å². The molecule has 0 aliphatic carbocycles. The van der Waals surface area contributed by atoms with E-state index in [1.165, 1.54) is 5.57 Å². The van der Waals surface area contributed by atoms with Crippen molar-refractivity contribution >= 4 is 5.69 Å². The maximum Gasteiger partial charge on any atom is 0.146 e. The zero-order valence-electron chi connectivity index (χ0n) is 13.8. The molecule has 1 aliphatic heterocycles. The van der Waals surface area contributed by atoms with Crippen molar-refractivity contribution in [1.82, 2.24) is 5.32 Å². The molecule has 0 bridgehead atoms. The molecule has 0 spiro atoms. The van der Waals surface area contributed by atoms with Crippen molar-refractivity contribution in [2.24, 2.45) is 5.41 Å². The third-order valence-electron chi connectivity index (χ3n) is 4.42. The molecule has 0 aromatic heterocycles. The smallest absolute Gasteiger partial charge is 0.146 e. The lowest BCUT2D eigenvalue weighted by Crippen LogP contribution is -2.31. The summed E-state index contributed by atoms with van der Waals surface area (Å²) in [5.41, 5.74) is 3.39. The van der Waals surface area contributed by atoms with E-state index in [0.717, 1.165) is 25.1 Å². The largest absolute Gasteiger partial charge is 0.365 e. The van der Waals surface area contributed by atoms with Gasteiger partial charge in [-0.05, 0) is 43.5 Å². The van der Waals surface area contributed by atoms with Gasteiger partial charge in [0, 0.05) is 19.1 Å². The zero-order valence-corrected chi connectivity index (χ0v) is 13.8. The topological polar surface area (TPSA) is 15.3 Å². The normalized spacial score (nSPS) is 17.6. The summed E-state index contributed by atoms with van der Waals surface area (Å²) in [5.74, 6) is -0.123. The first-order chi connectivity index (χ1) is 9.82. The lowest BCUT2D eigenvalue weighted by molar-refractivity contribution is 0.471. The van der Waals surface area contributed by atoms with Crippen LogP contribution in [0.25, 0.3) is 0 Å². The number of hydrogen-bond donors (Lipinski definition) is 1. The highest BCUT2D eigenvalue weighted by molar-refractivity contribution is 5.51. The second-order valence-corrected chi connectivity index (χ2v) is 6.90. The van der Waals surface area contributed by atoms with Crippen molar-refractivity contribution in [3.63, 3.8) is 0 Å². The van der Waals surface area contributed by atoms with E-state index in [9.17, 15) is 4.39 Å². The van der Waals surface area contributed by atoms with Crippen LogP contribution in [0.2, 0.25) is 0 Å². The molecule has 0 saturated carbocycles. The van der Waals surface area contributed by atoms with Crippen LogP contribution in [0.4, 0.5) is 10.1 Å². The zero-order chi connectivity index (χ0) is 15.6. The predicted octanol–water partition coefficient (Wildman–Crippen LogP) is 4.29. The Morgan fingerprint density at radius 2 is 2.00 bits per heavy atom. The quantitative estimate of drug-likeness (QED) is 0.835. The van der Waals surface area contributed by atoms with Crippen molar-refractivity contribution in [2.75, 3.05) is 25.0 Å². The molecule has 1 atom stereocenters. The number of benzene rings is 1. The number of hydrogen-bond acceptors (Lipinski definition) is 2. The van der Waals surface area contributed by atoms with Gasteiger partial charge in [0.15, 0.2) is 0 Å². The van der Waals surface area contributed by atoms with Crippen LogP contribution in [-0.2, 0) is 0 Å². The fourth-order valence-corrected chi connectivity index (χ4v) is 2.78. The van der Waals surface area contributed by atoms with E-state index in [1.54, 1.807) is 6.07 Å². The molecule has 3 heteroatoms. The van der Waals surface area contributed by atoms with E-state index in [2.05, 4.69) is 37.1 Å². The molecule has 1 heterocycles. The highest BCUT2D eigenvalue weighted by atomic mass is 19.1. The molecule has 1 N–H and O–H groups in total. The monoisotopic (exact) mass is 290 g/mol. The maximum atomic E-state index is 14.4.